The lowest BCUT2D eigenvalue weighted by molar-refractivity contribution is -0.0197. The molecular weight excluding hydrogens is 414 g/mol. The molecule has 2 aliphatic carbocycles. The van der Waals surface area contributed by atoms with Crippen LogP contribution in [0.4, 0.5) is 0 Å². The van der Waals surface area contributed by atoms with Gasteiger partial charge in [0.05, 0.1) is 22.1 Å². The molecule has 4 aromatic rings. The maximum Gasteiger partial charge on any atom is 0.287 e. The molecule has 31 heavy (non-hydrogen) atoms. The zero-order valence-electron chi connectivity index (χ0n) is 16.6. The number of H-pyrrole nitrogens is 2. The SMILES string of the molecule is O=C(NC1CC2(C1)CC(c1n[nH]c(=O)c3ccccc13)C2)c1nc2ccc(Cl)cc2[nH]1. The van der Waals surface area contributed by atoms with Crippen LogP contribution in [0.3, 0.4) is 0 Å². The van der Waals surface area contributed by atoms with Crippen LogP contribution in [0, 0.1) is 5.41 Å². The summed E-state index contributed by atoms with van der Waals surface area (Å²) in [7, 11) is 0. The number of halogens is 1. The third-order valence-electron chi connectivity index (χ3n) is 6.82. The monoisotopic (exact) mass is 433 g/mol. The van der Waals surface area contributed by atoms with Crippen molar-refractivity contribution in [3.63, 3.8) is 0 Å². The maximum absolute atomic E-state index is 12.6. The summed E-state index contributed by atoms with van der Waals surface area (Å²) in [4.78, 5) is 32.0. The summed E-state index contributed by atoms with van der Waals surface area (Å²) < 4.78 is 0. The molecule has 0 saturated heterocycles. The Balaban J connectivity index is 1.10. The molecule has 2 saturated carbocycles. The number of benzene rings is 2. The van der Waals surface area contributed by atoms with Gasteiger partial charge in [0.1, 0.15) is 0 Å². The van der Waals surface area contributed by atoms with Crippen LogP contribution in [0.1, 0.15) is 47.9 Å². The quantitative estimate of drug-likeness (QED) is 0.455. The molecule has 0 radical (unpaired) electrons. The molecule has 0 unspecified atom stereocenters. The number of fused-ring (bicyclic) bond motifs is 2. The minimum Gasteiger partial charge on any atom is -0.347 e. The van der Waals surface area contributed by atoms with Gasteiger partial charge >= 0.3 is 0 Å². The molecule has 6 rings (SSSR count). The number of aromatic nitrogens is 4. The van der Waals surface area contributed by atoms with Crippen molar-refractivity contribution < 1.29 is 4.79 Å². The third-order valence-corrected chi connectivity index (χ3v) is 7.06. The van der Waals surface area contributed by atoms with Crippen molar-refractivity contribution in [1.29, 1.82) is 0 Å². The van der Waals surface area contributed by atoms with E-state index in [0.717, 1.165) is 47.8 Å². The van der Waals surface area contributed by atoms with E-state index in [9.17, 15) is 9.59 Å². The highest BCUT2D eigenvalue weighted by Gasteiger charge is 2.54. The predicted molar refractivity (Wildman–Crippen MR) is 118 cm³/mol. The van der Waals surface area contributed by atoms with Crippen molar-refractivity contribution in [1.82, 2.24) is 25.5 Å². The normalized spacial score (nSPS) is 24.8. The molecule has 1 amide bonds. The van der Waals surface area contributed by atoms with E-state index in [4.69, 9.17) is 11.6 Å². The average Bonchev–Trinajstić information content (AvgIpc) is 3.13. The Kier molecular flexibility index (Phi) is 3.99. The minimum atomic E-state index is -0.184. The molecule has 2 fully saturated rings. The van der Waals surface area contributed by atoms with Gasteiger partial charge in [-0.05, 0) is 55.4 Å². The fourth-order valence-corrected chi connectivity index (χ4v) is 5.56. The van der Waals surface area contributed by atoms with E-state index in [1.54, 1.807) is 18.2 Å². The molecule has 2 aromatic carbocycles. The molecule has 2 aliphatic rings. The van der Waals surface area contributed by atoms with Gasteiger partial charge in [-0.15, -0.1) is 0 Å². The Morgan fingerprint density at radius 1 is 1.10 bits per heavy atom. The number of amides is 1. The number of hydrogen-bond donors (Lipinski definition) is 3. The molecular formula is C23H20ClN5O2. The van der Waals surface area contributed by atoms with E-state index in [0.29, 0.717) is 22.2 Å². The van der Waals surface area contributed by atoms with Gasteiger partial charge in [-0.1, -0.05) is 29.8 Å². The number of nitrogens with zero attached hydrogens (tertiary/aromatic N) is 2. The first kappa shape index (κ1) is 18.6. The summed E-state index contributed by atoms with van der Waals surface area (Å²) in [6.45, 7) is 0. The van der Waals surface area contributed by atoms with Crippen LogP contribution in [0.2, 0.25) is 5.02 Å². The second-order valence-corrected chi connectivity index (χ2v) is 9.35. The lowest BCUT2D eigenvalue weighted by Crippen LogP contribution is -2.55. The number of rotatable bonds is 3. The van der Waals surface area contributed by atoms with Crippen molar-refractivity contribution in [2.45, 2.75) is 37.6 Å². The highest BCUT2D eigenvalue weighted by atomic mass is 35.5. The molecule has 156 valence electrons. The van der Waals surface area contributed by atoms with E-state index in [1.807, 2.05) is 24.3 Å². The molecule has 1 spiro atoms. The Morgan fingerprint density at radius 3 is 2.68 bits per heavy atom. The highest BCUT2D eigenvalue weighted by Crippen LogP contribution is 2.62. The zero-order chi connectivity index (χ0) is 21.2. The van der Waals surface area contributed by atoms with Crippen LogP contribution in [-0.4, -0.2) is 32.1 Å². The molecule has 0 bridgehead atoms. The first-order chi connectivity index (χ1) is 15.0. The first-order valence-corrected chi connectivity index (χ1v) is 10.8. The number of carbonyl (C=O) groups excluding carboxylic acids is 1. The number of carbonyl (C=O) groups is 1. The summed E-state index contributed by atoms with van der Waals surface area (Å²) in [5.74, 6) is 0.475. The summed E-state index contributed by atoms with van der Waals surface area (Å²) >= 11 is 6.00. The molecule has 3 N–H and O–H groups in total. The van der Waals surface area contributed by atoms with Gasteiger partial charge < -0.3 is 10.3 Å². The highest BCUT2D eigenvalue weighted by molar-refractivity contribution is 6.31. The molecule has 7 nitrogen and oxygen atoms in total. The van der Waals surface area contributed by atoms with Crippen molar-refractivity contribution >= 4 is 39.3 Å². The van der Waals surface area contributed by atoms with Crippen molar-refractivity contribution in [2.75, 3.05) is 0 Å². The van der Waals surface area contributed by atoms with E-state index in [1.165, 1.54) is 0 Å². The largest absolute Gasteiger partial charge is 0.347 e. The van der Waals surface area contributed by atoms with Crippen LogP contribution >= 0.6 is 11.6 Å². The molecule has 2 heterocycles. The second-order valence-electron chi connectivity index (χ2n) is 8.91. The third kappa shape index (κ3) is 3.03. The van der Waals surface area contributed by atoms with E-state index in [-0.39, 0.29) is 22.9 Å². The van der Waals surface area contributed by atoms with Gasteiger partial charge in [0.15, 0.2) is 5.82 Å². The topological polar surface area (TPSA) is 104 Å². The van der Waals surface area contributed by atoms with Crippen LogP contribution in [0.15, 0.2) is 47.3 Å². The van der Waals surface area contributed by atoms with Crippen LogP contribution in [-0.2, 0) is 0 Å². The summed E-state index contributed by atoms with van der Waals surface area (Å²) in [6, 6.07) is 13.1. The van der Waals surface area contributed by atoms with Gasteiger partial charge in [0.2, 0.25) is 0 Å². The standard InChI is InChI=1S/C23H20ClN5O2/c24-13-5-6-17-18(7-13)27-20(26-17)22(31)25-14-10-23(11-14)8-12(9-23)19-15-3-1-2-4-16(15)21(30)29-28-19/h1-7,12,14H,8-11H2,(H,25,31)(H,26,27)(H,29,30). The number of hydrogen-bond acceptors (Lipinski definition) is 4. The van der Waals surface area contributed by atoms with Gasteiger partial charge in [-0.2, -0.15) is 5.10 Å². The molecule has 0 atom stereocenters. The zero-order valence-corrected chi connectivity index (χ0v) is 17.4. The fourth-order valence-electron chi connectivity index (χ4n) is 5.39. The minimum absolute atomic E-state index is 0.146. The Labute approximate surface area is 182 Å². The fraction of sp³-hybridized carbons (Fsp3) is 0.304. The van der Waals surface area contributed by atoms with Gasteiger partial charge in [-0.3, -0.25) is 9.59 Å². The van der Waals surface area contributed by atoms with Crippen LogP contribution < -0.4 is 10.9 Å². The van der Waals surface area contributed by atoms with E-state index >= 15 is 0 Å². The summed E-state index contributed by atoms with van der Waals surface area (Å²) in [6.07, 6.45) is 3.99. The summed E-state index contributed by atoms with van der Waals surface area (Å²) in [5.41, 5.74) is 2.58. The molecule has 0 aliphatic heterocycles. The summed E-state index contributed by atoms with van der Waals surface area (Å²) in [5, 5.41) is 12.3. The smallest absolute Gasteiger partial charge is 0.287 e. The molecule has 8 heteroatoms. The van der Waals surface area contributed by atoms with Crippen molar-refractivity contribution in [3.8, 4) is 0 Å². The van der Waals surface area contributed by atoms with E-state index < -0.39 is 0 Å². The lowest BCUT2D eigenvalue weighted by Gasteiger charge is -2.57. The lowest BCUT2D eigenvalue weighted by atomic mass is 9.49. The maximum atomic E-state index is 12.6. The van der Waals surface area contributed by atoms with Crippen LogP contribution in [0.25, 0.3) is 21.8 Å². The molecule has 2 aromatic heterocycles. The van der Waals surface area contributed by atoms with Gasteiger partial charge in [0, 0.05) is 22.4 Å². The van der Waals surface area contributed by atoms with Gasteiger partial charge in [-0.25, -0.2) is 10.1 Å². The number of imidazole rings is 1. The second kappa shape index (κ2) is 6.65. The van der Waals surface area contributed by atoms with Crippen molar-refractivity contribution in [2.24, 2.45) is 5.41 Å². The first-order valence-electron chi connectivity index (χ1n) is 10.4. The number of nitrogens with one attached hydrogen (secondary N) is 3. The van der Waals surface area contributed by atoms with Crippen molar-refractivity contribution in [3.05, 3.63) is 69.4 Å². The van der Waals surface area contributed by atoms with E-state index in [2.05, 4.69) is 25.5 Å². The Hall–Kier alpha value is -3.19. The van der Waals surface area contributed by atoms with Gasteiger partial charge in [0.25, 0.3) is 11.5 Å². The van der Waals surface area contributed by atoms with Crippen LogP contribution in [0.5, 0.6) is 0 Å². The predicted octanol–water partition coefficient (Wildman–Crippen LogP) is 3.91. The average molecular weight is 434 g/mol. The Morgan fingerprint density at radius 2 is 1.87 bits per heavy atom. The Bertz CT molecular complexity index is 1390. The number of aromatic amines is 2.